The summed E-state index contributed by atoms with van der Waals surface area (Å²) in [5.74, 6) is 0.674. The zero-order chi connectivity index (χ0) is 21.0. The fraction of sp³-hybridized carbons (Fsp3) is 0.350. The van der Waals surface area contributed by atoms with Crippen LogP contribution in [0.4, 0.5) is 0 Å². The number of hydrogen-bond acceptors (Lipinski definition) is 7. The molecule has 1 aliphatic rings. The number of nitrogens with zero attached hydrogens (tertiary/aromatic N) is 3. The Bertz CT molecular complexity index is 1040. The third-order valence-electron chi connectivity index (χ3n) is 4.02. The smallest absolute Gasteiger partial charge is 0.235 e. The van der Waals surface area contributed by atoms with E-state index in [-0.39, 0.29) is 25.0 Å². The molecule has 1 aliphatic heterocycles. The van der Waals surface area contributed by atoms with Gasteiger partial charge in [0.2, 0.25) is 5.91 Å². The second-order valence-corrected chi connectivity index (χ2v) is 8.52. The fourth-order valence-corrected chi connectivity index (χ4v) is 4.46. The van der Waals surface area contributed by atoms with Gasteiger partial charge in [0.1, 0.15) is 17.4 Å². The average molecular weight is 414 g/mol. The van der Waals surface area contributed by atoms with E-state index >= 15 is 0 Å². The largest absolute Gasteiger partial charge is 0.489 e. The van der Waals surface area contributed by atoms with Crippen LogP contribution in [0.15, 0.2) is 29.4 Å². The second-order valence-electron chi connectivity index (χ2n) is 6.75. The molecule has 0 radical (unpaired) electrons. The summed E-state index contributed by atoms with van der Waals surface area (Å²) in [5.41, 5.74) is 1.94. The Morgan fingerprint density at radius 3 is 2.93 bits per heavy atom. The number of nitriles is 1. The van der Waals surface area contributed by atoms with E-state index in [0.717, 1.165) is 10.9 Å². The minimum Gasteiger partial charge on any atom is -0.489 e. The predicted molar refractivity (Wildman–Crippen MR) is 113 cm³/mol. The Morgan fingerprint density at radius 1 is 1.45 bits per heavy atom. The van der Waals surface area contributed by atoms with Crippen LogP contribution < -0.4 is 10.1 Å². The number of pyridine rings is 1. The van der Waals surface area contributed by atoms with Crippen LogP contribution in [-0.2, 0) is 4.79 Å². The topological polar surface area (TPSA) is 128 Å². The van der Waals surface area contributed by atoms with E-state index < -0.39 is 16.8 Å². The van der Waals surface area contributed by atoms with Crippen LogP contribution in [0.2, 0.25) is 0 Å². The van der Waals surface area contributed by atoms with Crippen molar-refractivity contribution >= 4 is 37.8 Å². The molecule has 8 nitrogen and oxygen atoms in total. The number of carbonyl (C=O) groups is 1. The van der Waals surface area contributed by atoms with E-state index in [1.54, 1.807) is 0 Å². The number of aliphatic hydroxyl groups is 2. The van der Waals surface area contributed by atoms with Crippen molar-refractivity contribution in [1.29, 1.82) is 5.26 Å². The van der Waals surface area contributed by atoms with Gasteiger partial charge in [-0.25, -0.2) is 0 Å². The van der Waals surface area contributed by atoms with Crippen molar-refractivity contribution in [2.45, 2.75) is 32.7 Å². The van der Waals surface area contributed by atoms with Gasteiger partial charge in [-0.1, -0.05) is 6.07 Å². The number of fused-ring (bicyclic) bond motifs is 1. The van der Waals surface area contributed by atoms with Gasteiger partial charge in [0.05, 0.1) is 17.4 Å². The van der Waals surface area contributed by atoms with Crippen LogP contribution in [0.5, 0.6) is 5.75 Å². The van der Waals surface area contributed by atoms with Crippen LogP contribution in [0.25, 0.3) is 10.9 Å². The zero-order valence-electron chi connectivity index (χ0n) is 16.1. The molecule has 2 aromatic rings. The summed E-state index contributed by atoms with van der Waals surface area (Å²) in [6.07, 6.45) is 0.0826. The molecule has 3 N–H and O–H groups in total. The van der Waals surface area contributed by atoms with Gasteiger partial charge in [-0.2, -0.15) is 5.26 Å². The molecule has 3 rings (SSSR count). The first kappa shape index (κ1) is 20.9. The number of ether oxygens (including phenoxy) is 1. The van der Waals surface area contributed by atoms with E-state index in [4.69, 9.17) is 14.9 Å². The minimum atomic E-state index is -1.43. The molecule has 1 aromatic carbocycles. The zero-order valence-corrected chi connectivity index (χ0v) is 16.9. The molecule has 1 amide bonds. The molecule has 1 atom stereocenters. The molecule has 29 heavy (non-hydrogen) atoms. The van der Waals surface area contributed by atoms with Crippen molar-refractivity contribution in [2.75, 3.05) is 12.3 Å². The van der Waals surface area contributed by atoms with Crippen molar-refractivity contribution in [2.24, 2.45) is 4.99 Å². The number of carbonyl (C=O) groups excluding carboxylic acids is 1. The molecule has 1 saturated heterocycles. The standard InChI is InChI=1S/C20H22N4O4S/c1-12(2)28-19-14(8-21)9-23-16-4-3-13(7-15(16)19)10-29-11-17(25)24-20(29)22-6-5-18(26)27/h3-4,7,9-10,12,18,26-27H,5-6,11H2,1-2H3,(H,22,24,25). The van der Waals surface area contributed by atoms with Crippen molar-refractivity contribution in [1.82, 2.24) is 10.3 Å². The monoisotopic (exact) mass is 414 g/mol. The summed E-state index contributed by atoms with van der Waals surface area (Å²) in [6.45, 7) is 4.00. The molecular formula is C20H22N4O4S. The summed E-state index contributed by atoms with van der Waals surface area (Å²) < 4.78 is 5.88. The first-order valence-electron chi connectivity index (χ1n) is 9.12. The maximum atomic E-state index is 11.9. The highest BCUT2D eigenvalue weighted by molar-refractivity contribution is 8.29. The Kier molecular flexibility index (Phi) is 6.59. The Labute approximate surface area is 170 Å². The highest BCUT2D eigenvalue weighted by Gasteiger charge is 2.21. The number of aliphatic imine (C=N–C) groups is 1. The van der Waals surface area contributed by atoms with Crippen molar-refractivity contribution in [3.63, 3.8) is 0 Å². The number of hydrogen-bond donors (Lipinski definition) is 3. The lowest BCUT2D eigenvalue weighted by Gasteiger charge is -2.14. The number of amidine groups is 1. The number of rotatable bonds is 6. The number of aliphatic hydroxyl groups excluding tert-OH is 1. The molecule has 2 heterocycles. The molecule has 152 valence electrons. The number of amides is 1. The predicted octanol–water partition coefficient (Wildman–Crippen LogP) is 1.50. The van der Waals surface area contributed by atoms with Gasteiger partial charge in [-0.15, -0.1) is 10.5 Å². The highest BCUT2D eigenvalue weighted by atomic mass is 32.2. The Balaban J connectivity index is 2.00. The quantitative estimate of drug-likeness (QED) is 0.485. The molecule has 0 saturated carbocycles. The summed E-state index contributed by atoms with van der Waals surface area (Å²) in [7, 11) is -0.553. The molecule has 9 heteroatoms. The first-order valence-corrected chi connectivity index (χ1v) is 10.6. The Hall–Kier alpha value is -2.80. The van der Waals surface area contributed by atoms with Crippen molar-refractivity contribution in [3.05, 3.63) is 35.5 Å². The molecule has 0 aliphatic carbocycles. The first-order chi connectivity index (χ1) is 13.9. The molecule has 0 spiro atoms. The number of nitrogens with one attached hydrogen (secondary N) is 1. The van der Waals surface area contributed by atoms with Crippen LogP contribution in [-0.4, -0.2) is 56.3 Å². The maximum Gasteiger partial charge on any atom is 0.235 e. The summed E-state index contributed by atoms with van der Waals surface area (Å²) in [4.78, 5) is 20.5. The number of aromatic nitrogens is 1. The van der Waals surface area contributed by atoms with Crippen molar-refractivity contribution in [3.8, 4) is 11.8 Å². The third kappa shape index (κ3) is 5.17. The van der Waals surface area contributed by atoms with Gasteiger partial charge < -0.3 is 20.3 Å². The third-order valence-corrected chi connectivity index (χ3v) is 5.88. The SMILES string of the molecule is CC(C)Oc1c(C#N)cnc2ccc(C=S3CC(=O)NC3=NCCC(O)O)cc12. The summed E-state index contributed by atoms with van der Waals surface area (Å²) >= 11 is 0. The van der Waals surface area contributed by atoms with Crippen LogP contribution in [0.3, 0.4) is 0 Å². The molecular weight excluding hydrogens is 392 g/mol. The molecule has 1 unspecified atom stereocenters. The molecule has 1 aromatic heterocycles. The van der Waals surface area contributed by atoms with Crippen LogP contribution in [0, 0.1) is 11.3 Å². The van der Waals surface area contributed by atoms with Gasteiger partial charge in [0.25, 0.3) is 0 Å². The van der Waals surface area contributed by atoms with Crippen molar-refractivity contribution < 1.29 is 19.7 Å². The lowest BCUT2D eigenvalue weighted by atomic mass is 10.1. The normalized spacial score (nSPS) is 18.0. The van der Waals surface area contributed by atoms with Crippen LogP contribution in [0.1, 0.15) is 31.4 Å². The van der Waals surface area contributed by atoms with Gasteiger partial charge in [0.15, 0.2) is 11.5 Å². The van der Waals surface area contributed by atoms with Gasteiger partial charge in [-0.05, 0) is 36.9 Å². The Morgan fingerprint density at radius 2 is 2.24 bits per heavy atom. The lowest BCUT2D eigenvalue weighted by Crippen LogP contribution is -2.21. The summed E-state index contributed by atoms with van der Waals surface area (Å²) in [6, 6.07) is 7.76. The molecule has 1 fully saturated rings. The number of benzene rings is 1. The fourth-order valence-electron chi connectivity index (χ4n) is 2.80. The minimum absolute atomic E-state index is 0.0977. The van der Waals surface area contributed by atoms with E-state index in [1.807, 2.05) is 37.4 Å². The van der Waals surface area contributed by atoms with E-state index in [1.165, 1.54) is 6.20 Å². The van der Waals surface area contributed by atoms with Gasteiger partial charge >= 0.3 is 0 Å². The molecule has 0 bridgehead atoms. The maximum absolute atomic E-state index is 11.9. The van der Waals surface area contributed by atoms with Crippen LogP contribution >= 0.6 is 10.5 Å². The van der Waals surface area contributed by atoms with E-state index in [0.29, 0.717) is 27.8 Å². The van der Waals surface area contributed by atoms with E-state index in [9.17, 15) is 10.1 Å². The lowest BCUT2D eigenvalue weighted by molar-refractivity contribution is -0.116. The van der Waals surface area contributed by atoms with Gasteiger partial charge in [0, 0.05) is 24.5 Å². The van der Waals surface area contributed by atoms with E-state index in [2.05, 4.69) is 21.4 Å². The summed E-state index contributed by atoms with van der Waals surface area (Å²) in [5, 5.41) is 33.3. The average Bonchev–Trinajstić information content (AvgIpc) is 3.00. The second kappa shape index (κ2) is 9.13. The highest BCUT2D eigenvalue weighted by Crippen LogP contribution is 2.30. The van der Waals surface area contributed by atoms with Gasteiger partial charge in [-0.3, -0.25) is 14.8 Å².